The highest BCUT2D eigenvalue weighted by Gasteiger charge is 2.42. The smallest absolute Gasteiger partial charge is 0.472 e. The van der Waals surface area contributed by atoms with E-state index in [0.717, 1.165) is 22.3 Å². The predicted octanol–water partition coefficient (Wildman–Crippen LogP) is 3.97. The number of esters is 1. The number of benzene rings is 2. The number of primary amides is 1. The molecular weight excluding hydrogens is 1020 g/mol. The van der Waals surface area contributed by atoms with Crippen molar-refractivity contribution in [3.8, 4) is 11.1 Å². The fourth-order valence-electron chi connectivity index (χ4n) is 9.67. The molecular formula is C54H73N6O16P. The average molecular weight is 1090 g/mol. The summed E-state index contributed by atoms with van der Waals surface area (Å²) < 4.78 is 46.2. The molecule has 1 saturated heterocycles. The van der Waals surface area contributed by atoms with E-state index in [-0.39, 0.29) is 95.9 Å². The molecule has 420 valence electrons. The zero-order valence-corrected chi connectivity index (χ0v) is 44.8. The maximum absolute atomic E-state index is 14.3. The molecule has 2 aromatic carbocycles. The van der Waals surface area contributed by atoms with Gasteiger partial charge in [0.05, 0.1) is 82.6 Å². The first-order valence-corrected chi connectivity index (χ1v) is 27.7. The van der Waals surface area contributed by atoms with Gasteiger partial charge in [-0.1, -0.05) is 62.4 Å². The van der Waals surface area contributed by atoms with E-state index in [2.05, 4.69) is 44.9 Å². The third kappa shape index (κ3) is 18.0. The van der Waals surface area contributed by atoms with Crippen LogP contribution in [0.2, 0.25) is 0 Å². The number of aromatic amines is 1. The van der Waals surface area contributed by atoms with Crippen LogP contribution in [0.5, 0.6) is 0 Å². The van der Waals surface area contributed by atoms with Crippen LogP contribution in [0.3, 0.4) is 0 Å². The zero-order valence-electron chi connectivity index (χ0n) is 43.9. The molecule has 2 bridgehead atoms. The molecule has 7 N–H and O–H groups in total. The first-order valence-electron chi connectivity index (χ1n) is 26.2. The fourth-order valence-corrected chi connectivity index (χ4v) is 10.7. The molecule has 22 nitrogen and oxygen atoms in total. The molecule has 0 saturated carbocycles. The number of hydrogen-bond acceptors (Lipinski definition) is 16. The number of aliphatic hydroxyl groups is 1. The monoisotopic (exact) mass is 1090 g/mol. The summed E-state index contributed by atoms with van der Waals surface area (Å²) in [6, 6.07) is 12.5. The number of rotatable bonds is 18. The number of Topliss-reactive ketones (excluding diaryl/α,β-unsaturated/α-hetero) is 2. The van der Waals surface area contributed by atoms with Gasteiger partial charge in [-0.3, -0.25) is 42.6 Å². The van der Waals surface area contributed by atoms with Crippen molar-refractivity contribution in [2.45, 2.75) is 121 Å². The number of hydrogen-bond donors (Lipinski definition) is 6. The summed E-state index contributed by atoms with van der Waals surface area (Å²) in [4.78, 5) is 114. The van der Waals surface area contributed by atoms with E-state index in [1.54, 1.807) is 6.08 Å². The highest BCUT2D eigenvalue weighted by Crippen LogP contribution is 2.46. The summed E-state index contributed by atoms with van der Waals surface area (Å²) in [7, 11) is -4.79. The van der Waals surface area contributed by atoms with Crippen molar-refractivity contribution in [2.75, 3.05) is 52.8 Å². The number of ketones is 2. The van der Waals surface area contributed by atoms with Crippen LogP contribution in [0.1, 0.15) is 101 Å². The number of nitrogens with zero attached hydrogens (tertiary/aromatic N) is 2. The summed E-state index contributed by atoms with van der Waals surface area (Å²) in [6.45, 7) is 4.74. The molecule has 1 fully saturated rings. The Hall–Kier alpha value is -6.13. The van der Waals surface area contributed by atoms with E-state index in [1.807, 2.05) is 38.1 Å². The fraction of sp³-hybridized carbons (Fsp3) is 0.556. The maximum atomic E-state index is 14.3. The minimum atomic E-state index is -4.79. The predicted molar refractivity (Wildman–Crippen MR) is 278 cm³/mol. The Kier molecular flexibility index (Phi) is 23.1. The van der Waals surface area contributed by atoms with Gasteiger partial charge >= 0.3 is 13.8 Å². The van der Waals surface area contributed by atoms with Crippen LogP contribution in [-0.4, -0.2) is 149 Å². The summed E-state index contributed by atoms with van der Waals surface area (Å²) in [5.74, 6) is -7.33. The number of carbonyl (C=O) groups is 7. The lowest BCUT2D eigenvalue weighted by Crippen LogP contribution is -2.52. The number of likely N-dealkylation sites (tertiary alicyclic amines) is 1. The Morgan fingerprint density at radius 1 is 0.909 bits per heavy atom. The molecule has 1 aromatic heterocycles. The van der Waals surface area contributed by atoms with Gasteiger partial charge in [-0.2, -0.15) is 0 Å². The Bertz CT molecular complexity index is 2510. The van der Waals surface area contributed by atoms with E-state index in [0.29, 0.717) is 25.1 Å². The number of phosphoric acid groups is 1. The van der Waals surface area contributed by atoms with E-state index in [1.165, 1.54) is 30.6 Å². The van der Waals surface area contributed by atoms with Crippen LogP contribution in [0.4, 0.5) is 0 Å². The zero-order chi connectivity index (χ0) is 55.5. The molecule has 23 heteroatoms. The van der Waals surface area contributed by atoms with Gasteiger partial charge in [0.25, 0.3) is 0 Å². The number of H-pyrrole nitrogens is 1. The van der Waals surface area contributed by atoms with Gasteiger partial charge in [-0.15, -0.1) is 0 Å². The number of nitrogens with two attached hydrogens (primary N) is 1. The third-order valence-corrected chi connectivity index (χ3v) is 14.8. The molecule has 4 amide bonds. The quantitative estimate of drug-likeness (QED) is 0.0596. The number of fused-ring (bicyclic) bond motifs is 5. The first kappa shape index (κ1) is 60.1. The lowest BCUT2D eigenvalue weighted by atomic mass is 9.89. The van der Waals surface area contributed by atoms with E-state index >= 15 is 0 Å². The lowest BCUT2D eigenvalue weighted by molar-refractivity contribution is -0.144. The van der Waals surface area contributed by atoms with Crippen molar-refractivity contribution in [3.05, 3.63) is 90.2 Å². The van der Waals surface area contributed by atoms with Crippen molar-refractivity contribution in [3.63, 3.8) is 0 Å². The molecule has 0 radical (unpaired) electrons. The molecule has 3 aliphatic rings. The number of imidazole rings is 1. The molecule has 0 spiro atoms. The number of nitrogens with one attached hydrogen (secondary N) is 3. The van der Waals surface area contributed by atoms with Gasteiger partial charge in [0.15, 0.2) is 11.6 Å². The van der Waals surface area contributed by atoms with Crippen LogP contribution >= 0.6 is 7.82 Å². The largest absolute Gasteiger partial charge is 0.496 e. The van der Waals surface area contributed by atoms with Crippen LogP contribution in [0.25, 0.3) is 11.1 Å². The highest BCUT2D eigenvalue weighted by atomic mass is 31.2. The number of ether oxygens (including phenoxy) is 4. The van der Waals surface area contributed by atoms with Crippen molar-refractivity contribution in [1.29, 1.82) is 0 Å². The molecule has 8 atom stereocenters. The van der Waals surface area contributed by atoms with Crippen molar-refractivity contribution < 1.29 is 76.1 Å². The minimum absolute atomic E-state index is 0.00765. The third-order valence-electron chi connectivity index (χ3n) is 13.7. The summed E-state index contributed by atoms with van der Waals surface area (Å²) in [6.07, 6.45) is 3.92. The normalized spacial score (nSPS) is 25.6. The second-order valence-electron chi connectivity index (χ2n) is 19.9. The van der Waals surface area contributed by atoms with Crippen molar-refractivity contribution in [1.82, 2.24) is 25.5 Å². The van der Waals surface area contributed by atoms with Gasteiger partial charge in [0, 0.05) is 56.5 Å². The lowest BCUT2D eigenvalue weighted by Gasteiger charge is -2.28. The molecule has 1 unspecified atom stereocenters. The van der Waals surface area contributed by atoms with E-state index in [9.17, 15) is 48.1 Å². The van der Waals surface area contributed by atoms with Gasteiger partial charge in [-0.25, -0.2) is 9.55 Å². The van der Waals surface area contributed by atoms with Crippen molar-refractivity contribution >= 4 is 49.0 Å². The average Bonchev–Trinajstić information content (AvgIpc) is 4.17. The number of carbonyl (C=O) groups excluding carboxylic acids is 7. The summed E-state index contributed by atoms with van der Waals surface area (Å²) >= 11 is 0. The highest BCUT2D eigenvalue weighted by molar-refractivity contribution is 7.47. The molecule has 2 aliphatic heterocycles. The summed E-state index contributed by atoms with van der Waals surface area (Å²) in [5.41, 5.74) is 10.6. The maximum Gasteiger partial charge on any atom is 0.472 e. The number of phosphoric ester groups is 1. The number of allylic oxidation sites excluding steroid dienone is 1. The van der Waals surface area contributed by atoms with Gasteiger partial charge in [-0.05, 0) is 66.9 Å². The van der Waals surface area contributed by atoms with Gasteiger partial charge in [0.2, 0.25) is 23.6 Å². The topological polar surface area (TPSA) is 314 Å². The second-order valence-corrected chi connectivity index (χ2v) is 21.3. The Morgan fingerprint density at radius 3 is 2.25 bits per heavy atom. The Balaban J connectivity index is 1.05. The number of amides is 4. The van der Waals surface area contributed by atoms with E-state index in [4.69, 9.17) is 33.7 Å². The minimum Gasteiger partial charge on any atom is -0.496 e. The number of aliphatic hydroxyl groups excluding tert-OH is 1. The Morgan fingerprint density at radius 2 is 1.58 bits per heavy atom. The molecule has 6 rings (SSSR count). The van der Waals surface area contributed by atoms with Crippen molar-refractivity contribution in [2.24, 2.45) is 23.5 Å². The first-order chi connectivity index (χ1) is 36.9. The second kappa shape index (κ2) is 29.6. The summed E-state index contributed by atoms with van der Waals surface area (Å²) in [5, 5.41) is 15.6. The molecule has 1 aliphatic carbocycles. The molecule has 3 heterocycles. The molecule has 3 aromatic rings. The van der Waals surface area contributed by atoms with Crippen LogP contribution in [0.15, 0.2) is 73.4 Å². The van der Waals surface area contributed by atoms with Gasteiger partial charge in [0.1, 0.15) is 24.8 Å². The van der Waals surface area contributed by atoms with Gasteiger partial charge < -0.3 is 55.2 Å². The molecule has 77 heavy (non-hydrogen) atoms. The SMILES string of the molecule is CC(C)C[C@@H]1NC(=O)[C@@H]2C[C@H](CN2C(=O)CCOCCOCCCC(=O)OCC2c3ccccc3-c3ccccc32)O/C=C\CCCOP(=O)(O)O[C@H](C)[C@@H](C(N)=O)CC(=O)[C@H](CO)NC(=O)[C@H](Cc2cnc[nH]2)CC1=O. The van der Waals surface area contributed by atoms with Crippen LogP contribution in [-0.2, 0) is 72.5 Å². The van der Waals surface area contributed by atoms with Crippen LogP contribution in [0, 0.1) is 17.8 Å². The van der Waals surface area contributed by atoms with Crippen LogP contribution < -0.4 is 16.4 Å². The number of aromatic nitrogens is 2. The van der Waals surface area contributed by atoms with E-state index < -0.39 is 105 Å². The standard InChI is InChI=1S/C54H73N6O16P/c1-34(2)24-45-48(62)26-36(25-37-29-56-33-57-37)53(67)59-46(31-61)49(63)28-43(52(55)66)35(3)76-77(69,70)75-20-10-4-9-19-73-38-27-47(54(68)58-45)60(30-38)50(64)17-21-72-23-22-71-18-11-16-51(65)74-32-44-41-14-7-5-12-39(41)40-13-6-8-15-42(40)44/h5-9,12-15,19,29,33-36,38,43-47,61H,4,10-11,16-18,20-28,30-32H2,1-3H3,(H2,55,66)(H,56,57)(H,58,68)(H,59,67)(H,69,70)/b19-9-/t35-,36-,38-,43+,45+,46+,47+/m1/s1. The Labute approximate surface area is 448 Å².